The summed E-state index contributed by atoms with van der Waals surface area (Å²) in [6.45, 7) is 5.69. The van der Waals surface area contributed by atoms with E-state index in [1.807, 2.05) is 36.5 Å². The molecule has 170 valence electrons. The maximum atomic E-state index is 5.31. The molecular formula is C25H28N6OS. The van der Waals surface area contributed by atoms with Crippen molar-refractivity contribution in [2.75, 3.05) is 43.5 Å². The van der Waals surface area contributed by atoms with E-state index in [0.29, 0.717) is 6.54 Å². The van der Waals surface area contributed by atoms with Crippen LogP contribution >= 0.6 is 11.3 Å². The SMILES string of the molecule is COc1cccc(NCc2cccn2-c2nnc(N3CCN(Cc4ccccc4)CC3)s2)c1. The highest BCUT2D eigenvalue weighted by Crippen LogP contribution is 2.26. The van der Waals surface area contributed by atoms with Crippen LogP contribution in [-0.4, -0.2) is 53.0 Å². The predicted molar refractivity (Wildman–Crippen MR) is 133 cm³/mol. The minimum Gasteiger partial charge on any atom is -0.497 e. The van der Waals surface area contributed by atoms with Crippen molar-refractivity contribution in [1.82, 2.24) is 19.7 Å². The maximum Gasteiger partial charge on any atom is 0.218 e. The lowest BCUT2D eigenvalue weighted by molar-refractivity contribution is 0.249. The minimum absolute atomic E-state index is 0.688. The van der Waals surface area contributed by atoms with E-state index < -0.39 is 0 Å². The Labute approximate surface area is 198 Å². The molecule has 0 saturated carbocycles. The Morgan fingerprint density at radius 3 is 2.55 bits per heavy atom. The normalized spacial score (nSPS) is 14.4. The Hall–Kier alpha value is -3.36. The number of ether oxygens (including phenoxy) is 1. The van der Waals surface area contributed by atoms with Gasteiger partial charge in [0.1, 0.15) is 5.75 Å². The molecule has 0 aliphatic carbocycles. The van der Waals surface area contributed by atoms with E-state index in [4.69, 9.17) is 4.74 Å². The van der Waals surface area contributed by atoms with Gasteiger partial charge in [-0.05, 0) is 29.8 Å². The molecule has 3 heterocycles. The van der Waals surface area contributed by atoms with Gasteiger partial charge in [-0.2, -0.15) is 0 Å². The fourth-order valence-electron chi connectivity index (χ4n) is 4.04. The largest absolute Gasteiger partial charge is 0.497 e. The summed E-state index contributed by atoms with van der Waals surface area (Å²) >= 11 is 1.64. The van der Waals surface area contributed by atoms with E-state index >= 15 is 0 Å². The molecule has 8 heteroatoms. The lowest BCUT2D eigenvalue weighted by Gasteiger charge is -2.34. The quantitative estimate of drug-likeness (QED) is 0.424. The predicted octanol–water partition coefficient (Wildman–Crippen LogP) is 4.27. The number of anilines is 2. The van der Waals surface area contributed by atoms with Crippen LogP contribution in [0.2, 0.25) is 0 Å². The van der Waals surface area contributed by atoms with E-state index in [1.54, 1.807) is 18.4 Å². The second kappa shape index (κ2) is 10.1. The molecule has 0 amide bonds. The lowest BCUT2D eigenvalue weighted by Crippen LogP contribution is -2.45. The first-order valence-corrected chi connectivity index (χ1v) is 12.0. The Bertz CT molecular complexity index is 1170. The second-order valence-electron chi connectivity index (χ2n) is 8.07. The Morgan fingerprint density at radius 2 is 1.73 bits per heavy atom. The molecule has 0 atom stereocenters. The summed E-state index contributed by atoms with van der Waals surface area (Å²) < 4.78 is 7.42. The number of methoxy groups -OCH3 is 1. The molecule has 33 heavy (non-hydrogen) atoms. The maximum absolute atomic E-state index is 5.31. The smallest absolute Gasteiger partial charge is 0.218 e. The van der Waals surface area contributed by atoms with Crippen LogP contribution in [0.3, 0.4) is 0 Å². The standard InChI is InChI=1S/C25H28N6OS/c1-32-23-11-5-9-21(17-23)26-18-22-10-6-12-31(22)25-28-27-24(33-25)30-15-13-29(14-16-30)19-20-7-3-2-4-8-20/h2-12,17,26H,13-16,18-19H2,1H3. The zero-order valence-electron chi connectivity index (χ0n) is 18.7. The van der Waals surface area contributed by atoms with E-state index in [0.717, 1.165) is 60.1 Å². The zero-order valence-corrected chi connectivity index (χ0v) is 19.5. The molecule has 0 radical (unpaired) electrons. The highest BCUT2D eigenvalue weighted by atomic mass is 32.1. The fourth-order valence-corrected chi connectivity index (χ4v) is 4.96. The number of hydrogen-bond acceptors (Lipinski definition) is 7. The van der Waals surface area contributed by atoms with Gasteiger partial charge in [-0.1, -0.05) is 47.7 Å². The zero-order chi connectivity index (χ0) is 22.5. The number of rotatable bonds is 8. The molecule has 0 bridgehead atoms. The van der Waals surface area contributed by atoms with Crippen molar-refractivity contribution < 1.29 is 4.74 Å². The van der Waals surface area contributed by atoms with Gasteiger partial charge < -0.3 is 15.0 Å². The molecule has 5 rings (SSSR count). The number of piperazine rings is 1. The highest BCUT2D eigenvalue weighted by Gasteiger charge is 2.21. The van der Waals surface area contributed by atoms with Gasteiger partial charge in [0.25, 0.3) is 0 Å². The molecule has 0 unspecified atom stereocenters. The Morgan fingerprint density at radius 1 is 0.909 bits per heavy atom. The van der Waals surface area contributed by atoms with Gasteiger partial charge in [-0.3, -0.25) is 9.47 Å². The molecule has 2 aromatic carbocycles. The summed E-state index contributed by atoms with van der Waals surface area (Å²) in [6, 6.07) is 22.8. The Balaban J connectivity index is 1.20. The molecule has 0 spiro atoms. The van der Waals surface area contributed by atoms with Crippen molar-refractivity contribution in [3.63, 3.8) is 0 Å². The van der Waals surface area contributed by atoms with E-state index in [1.165, 1.54) is 5.56 Å². The molecular weight excluding hydrogens is 432 g/mol. The summed E-state index contributed by atoms with van der Waals surface area (Å²) in [5, 5.41) is 14.3. The molecule has 1 aliphatic heterocycles. The molecule has 1 saturated heterocycles. The number of nitrogens with one attached hydrogen (secondary N) is 1. The highest BCUT2D eigenvalue weighted by molar-refractivity contribution is 7.17. The third kappa shape index (κ3) is 5.18. The summed E-state index contributed by atoms with van der Waals surface area (Å²) in [4.78, 5) is 4.85. The lowest BCUT2D eigenvalue weighted by atomic mass is 10.2. The molecule has 1 aliphatic rings. The van der Waals surface area contributed by atoms with Crippen LogP contribution in [0.15, 0.2) is 72.9 Å². The first-order chi connectivity index (χ1) is 16.3. The monoisotopic (exact) mass is 460 g/mol. The van der Waals surface area contributed by atoms with Crippen molar-refractivity contribution in [3.05, 3.63) is 84.2 Å². The van der Waals surface area contributed by atoms with E-state index in [-0.39, 0.29) is 0 Å². The van der Waals surface area contributed by atoms with Crippen molar-refractivity contribution in [3.8, 4) is 10.9 Å². The number of aromatic nitrogens is 3. The topological polar surface area (TPSA) is 58.5 Å². The van der Waals surface area contributed by atoms with Gasteiger partial charge in [-0.15, -0.1) is 10.2 Å². The number of hydrogen-bond donors (Lipinski definition) is 1. The van der Waals surface area contributed by atoms with Gasteiger partial charge in [-0.25, -0.2) is 0 Å². The Kier molecular flexibility index (Phi) is 6.55. The van der Waals surface area contributed by atoms with Crippen LogP contribution in [-0.2, 0) is 13.1 Å². The molecule has 4 aromatic rings. The molecule has 7 nitrogen and oxygen atoms in total. The van der Waals surface area contributed by atoms with Gasteiger partial charge in [0.05, 0.1) is 13.7 Å². The van der Waals surface area contributed by atoms with E-state index in [2.05, 4.69) is 66.3 Å². The summed E-state index contributed by atoms with van der Waals surface area (Å²) in [7, 11) is 1.68. The van der Waals surface area contributed by atoms with Crippen LogP contribution in [0.5, 0.6) is 5.75 Å². The van der Waals surface area contributed by atoms with Gasteiger partial charge in [0.15, 0.2) is 0 Å². The van der Waals surface area contributed by atoms with Crippen LogP contribution < -0.4 is 15.0 Å². The average molecular weight is 461 g/mol. The van der Waals surface area contributed by atoms with Gasteiger partial charge in [0.2, 0.25) is 10.3 Å². The third-order valence-electron chi connectivity index (χ3n) is 5.88. The van der Waals surface area contributed by atoms with Crippen molar-refractivity contribution in [1.29, 1.82) is 0 Å². The van der Waals surface area contributed by atoms with Crippen LogP contribution in [0.25, 0.3) is 5.13 Å². The average Bonchev–Trinajstić information content (AvgIpc) is 3.54. The molecule has 1 fully saturated rings. The van der Waals surface area contributed by atoms with Gasteiger partial charge in [0, 0.05) is 56.4 Å². The molecule has 1 N–H and O–H groups in total. The second-order valence-corrected chi connectivity index (χ2v) is 9.01. The van der Waals surface area contributed by atoms with Crippen molar-refractivity contribution >= 4 is 22.2 Å². The summed E-state index contributed by atoms with van der Waals surface area (Å²) in [5.41, 5.74) is 3.52. The first-order valence-electron chi connectivity index (χ1n) is 11.2. The van der Waals surface area contributed by atoms with E-state index in [9.17, 15) is 0 Å². The van der Waals surface area contributed by atoms with Crippen molar-refractivity contribution in [2.45, 2.75) is 13.1 Å². The fraction of sp³-hybridized carbons (Fsp3) is 0.280. The number of benzene rings is 2. The first kappa shape index (κ1) is 21.5. The van der Waals surface area contributed by atoms with Crippen LogP contribution in [0, 0.1) is 0 Å². The number of nitrogens with zero attached hydrogens (tertiary/aromatic N) is 5. The summed E-state index contributed by atoms with van der Waals surface area (Å²) in [6.07, 6.45) is 2.05. The minimum atomic E-state index is 0.688. The third-order valence-corrected chi connectivity index (χ3v) is 6.86. The van der Waals surface area contributed by atoms with Crippen LogP contribution in [0.1, 0.15) is 11.3 Å². The van der Waals surface area contributed by atoms with Crippen LogP contribution in [0.4, 0.5) is 10.8 Å². The van der Waals surface area contributed by atoms with Gasteiger partial charge >= 0.3 is 0 Å². The summed E-state index contributed by atoms with van der Waals surface area (Å²) in [5.74, 6) is 0.841. The molecule has 2 aromatic heterocycles. The van der Waals surface area contributed by atoms with Crippen molar-refractivity contribution in [2.24, 2.45) is 0 Å².